The number of fused-ring (bicyclic) bond motifs is 10. The predicted molar refractivity (Wildman–Crippen MR) is 316 cm³/mol. The van der Waals surface area contributed by atoms with Crippen molar-refractivity contribution in [3.63, 3.8) is 0 Å². The zero-order chi connectivity index (χ0) is 56.6. The van der Waals surface area contributed by atoms with Crippen molar-refractivity contribution in [2.75, 3.05) is 75.2 Å². The number of aromatic nitrogens is 2. The molecule has 6 saturated carbocycles. The highest BCUT2D eigenvalue weighted by molar-refractivity contribution is 6.01. The Morgan fingerprint density at radius 3 is 1.61 bits per heavy atom. The van der Waals surface area contributed by atoms with Crippen molar-refractivity contribution in [2.45, 2.75) is 128 Å². The molecule has 4 N–H and O–H groups in total. The van der Waals surface area contributed by atoms with Crippen molar-refractivity contribution >= 4 is 65.4 Å². The Kier molecular flexibility index (Phi) is 15.7. The zero-order valence-corrected chi connectivity index (χ0v) is 50.1. The van der Waals surface area contributed by atoms with E-state index >= 15 is 4.79 Å². The highest BCUT2D eigenvalue weighted by atomic mass is 35.5. The number of ketones is 5. The van der Waals surface area contributed by atoms with Crippen LogP contribution in [-0.4, -0.2) is 157 Å². The van der Waals surface area contributed by atoms with Crippen LogP contribution in [0, 0.1) is 69.0 Å². The van der Waals surface area contributed by atoms with E-state index in [2.05, 4.69) is 43.4 Å². The second kappa shape index (κ2) is 21.6. The van der Waals surface area contributed by atoms with Crippen molar-refractivity contribution in [1.29, 1.82) is 0 Å². The number of rotatable bonds is 11. The van der Waals surface area contributed by atoms with Gasteiger partial charge in [0, 0.05) is 94.3 Å². The molecule has 3 aromatic rings. The minimum atomic E-state index is -2.18. The summed E-state index contributed by atoms with van der Waals surface area (Å²) in [7, 11) is 0. The van der Waals surface area contributed by atoms with Crippen LogP contribution in [0.5, 0.6) is 0 Å². The molecule has 0 aromatic carbocycles. The lowest BCUT2D eigenvalue weighted by atomic mass is 9.36. The molecule has 18 heteroatoms. The molecule has 0 amide bonds. The first-order valence-electron chi connectivity index (χ1n) is 30.4. The average Bonchev–Trinajstić information content (AvgIpc) is 1.77. The maximum atomic E-state index is 15.6. The van der Waals surface area contributed by atoms with Crippen LogP contribution >= 0.6 is 24.8 Å². The lowest BCUT2D eigenvalue weighted by Crippen LogP contribution is -2.71. The summed E-state index contributed by atoms with van der Waals surface area (Å²) in [5.41, 5.74) is -7.84. The zero-order valence-electron chi connectivity index (χ0n) is 48.5. The number of carbonyl (C=O) groups is 5. The summed E-state index contributed by atoms with van der Waals surface area (Å²) in [6.45, 7) is 13.7. The van der Waals surface area contributed by atoms with E-state index in [1.54, 1.807) is 36.7 Å². The number of hydrogen-bond donors (Lipinski definition) is 4. The Morgan fingerprint density at radius 1 is 0.614 bits per heavy atom. The van der Waals surface area contributed by atoms with Crippen LogP contribution in [0.1, 0.15) is 115 Å². The molecule has 8 fully saturated rings. The molecule has 8 aliphatic carbocycles. The standard InChI is InChI=1S/C65H82N6O10.2ClH/c1-59-36-50(74)56-44(46(59)17-19-64(59,79)52(75)37-68-23-27-70(28-24-68)54-11-5-7-21-66-54)15-13-40-32-42(72)34-48(61(40,56)3)49-35-43(73)33-41-14-16-45-47-18-20-65(80,53(76)38-69-25-29-71(30-26-69)55-12-6-8-22-67-55)60(47,2)39-63(78,57(45)62(41,49)4)58(77)51-10-9-31-81-51;;/h5-12,21-22,31-33,44-50,56-57,74,78-80H,13-20,23-30,34-39H2,1-4H3;2*1H/t44-,45-,46-,47-,48?,49?,50?,56+,57-,59-,60-,61+,62+,63?,64-,65-;;/m0../s1. The number of anilines is 2. The number of halogens is 2. The van der Waals surface area contributed by atoms with Gasteiger partial charge in [-0.1, -0.05) is 51.0 Å². The van der Waals surface area contributed by atoms with Crippen LogP contribution in [0.2, 0.25) is 0 Å². The summed E-state index contributed by atoms with van der Waals surface area (Å²) >= 11 is 0. The van der Waals surface area contributed by atoms with E-state index in [9.17, 15) is 39.6 Å². The van der Waals surface area contributed by atoms with E-state index in [1.807, 2.05) is 50.2 Å². The molecule has 16 atom stereocenters. The van der Waals surface area contributed by atoms with E-state index in [0.717, 1.165) is 22.8 Å². The normalized spacial score (nSPS) is 41.3. The van der Waals surface area contributed by atoms with Crippen LogP contribution in [-0.2, 0) is 19.2 Å². The first-order valence-corrected chi connectivity index (χ1v) is 30.4. The number of nitrogens with zero attached hydrogens (tertiary/aromatic N) is 6. The fourth-order valence-electron chi connectivity index (χ4n) is 20.7. The Balaban J connectivity index is 0.00000360. The van der Waals surface area contributed by atoms with Gasteiger partial charge in [-0.05, 0) is 165 Å². The highest BCUT2D eigenvalue weighted by Crippen LogP contribution is 2.75. The summed E-state index contributed by atoms with van der Waals surface area (Å²) in [4.78, 5) is 92.0. The number of allylic oxidation sites excluding steroid dienone is 2. The third-order valence-corrected chi connectivity index (χ3v) is 24.5. The summed E-state index contributed by atoms with van der Waals surface area (Å²) in [6.07, 6.45) is 11.7. The summed E-state index contributed by atoms with van der Waals surface area (Å²) < 4.78 is 5.86. The number of aliphatic hydroxyl groups is 4. The summed E-state index contributed by atoms with van der Waals surface area (Å²) in [5, 5.41) is 53.2. The van der Waals surface area contributed by atoms with Crippen LogP contribution in [0.3, 0.4) is 0 Å². The Hall–Kier alpha value is -4.65. The maximum Gasteiger partial charge on any atom is 0.229 e. The van der Waals surface area contributed by atoms with Gasteiger partial charge < -0.3 is 34.6 Å². The van der Waals surface area contributed by atoms with Crippen molar-refractivity contribution in [2.24, 2.45) is 69.0 Å². The van der Waals surface area contributed by atoms with Gasteiger partial charge in [-0.2, -0.15) is 0 Å². The van der Waals surface area contributed by atoms with Gasteiger partial charge in [0.15, 0.2) is 28.9 Å². The van der Waals surface area contributed by atoms with Crippen LogP contribution in [0.15, 0.2) is 94.9 Å². The van der Waals surface area contributed by atoms with E-state index in [1.165, 1.54) is 6.26 Å². The smallest absolute Gasteiger partial charge is 0.229 e. The molecule has 10 aliphatic rings. The van der Waals surface area contributed by atoms with Gasteiger partial charge in [-0.15, -0.1) is 24.8 Å². The molecule has 13 rings (SSSR count). The Labute approximate surface area is 499 Å². The van der Waals surface area contributed by atoms with E-state index in [4.69, 9.17) is 4.42 Å². The van der Waals surface area contributed by atoms with Gasteiger partial charge in [-0.3, -0.25) is 33.8 Å². The second-order valence-corrected chi connectivity index (χ2v) is 27.6. The average molecular weight is 1180 g/mol. The fraction of sp³-hybridized carbons (Fsp3) is 0.646. The number of pyridine rings is 2. The molecule has 83 heavy (non-hydrogen) atoms. The largest absolute Gasteiger partial charge is 0.461 e. The molecule has 4 unspecified atom stereocenters. The number of piperazine rings is 2. The van der Waals surface area contributed by atoms with Gasteiger partial charge in [0.2, 0.25) is 5.78 Å². The first kappa shape index (κ1) is 60.1. The monoisotopic (exact) mass is 1180 g/mol. The Bertz CT molecular complexity index is 3060. The molecular formula is C65H84Cl2N6O10. The lowest BCUT2D eigenvalue weighted by Gasteiger charge is -2.68. The molecule has 16 nitrogen and oxygen atoms in total. The van der Waals surface area contributed by atoms with Crippen molar-refractivity contribution in [3.8, 4) is 0 Å². The molecule has 0 radical (unpaired) electrons. The van der Waals surface area contributed by atoms with Gasteiger partial charge in [-0.25, -0.2) is 9.97 Å². The fourth-order valence-corrected chi connectivity index (χ4v) is 20.7. The maximum absolute atomic E-state index is 15.6. The number of aliphatic hydroxyl groups excluding tert-OH is 1. The number of hydrogen-bond acceptors (Lipinski definition) is 16. The van der Waals surface area contributed by atoms with Gasteiger partial charge in [0.1, 0.15) is 28.4 Å². The molecule has 2 aliphatic heterocycles. The van der Waals surface area contributed by atoms with Crippen molar-refractivity contribution < 1.29 is 48.8 Å². The van der Waals surface area contributed by atoms with Crippen molar-refractivity contribution in [1.82, 2.24) is 19.8 Å². The lowest BCUT2D eigenvalue weighted by molar-refractivity contribution is -0.216. The first-order chi connectivity index (χ1) is 38.7. The van der Waals surface area contributed by atoms with Gasteiger partial charge >= 0.3 is 0 Å². The minimum absolute atomic E-state index is 0. The minimum Gasteiger partial charge on any atom is -0.461 e. The van der Waals surface area contributed by atoms with Crippen molar-refractivity contribution in [3.05, 3.63) is 96.2 Å². The van der Waals surface area contributed by atoms with Crippen LogP contribution < -0.4 is 9.80 Å². The third-order valence-electron chi connectivity index (χ3n) is 24.5. The van der Waals surface area contributed by atoms with Crippen LogP contribution in [0.4, 0.5) is 11.6 Å². The summed E-state index contributed by atoms with van der Waals surface area (Å²) in [6, 6.07) is 14.9. The molecule has 2 saturated heterocycles. The van der Waals surface area contributed by atoms with Gasteiger partial charge in [0.05, 0.1) is 25.5 Å². The topological polar surface area (TPSA) is 218 Å². The quantitative estimate of drug-likeness (QED) is 0.140. The predicted octanol–water partition coefficient (Wildman–Crippen LogP) is 7.17. The molecule has 0 bridgehead atoms. The number of Topliss-reactive ketones (excluding diaryl/α,β-unsaturated/α-hetero) is 3. The van der Waals surface area contributed by atoms with E-state index < -0.39 is 68.1 Å². The Morgan fingerprint density at radius 2 is 1.11 bits per heavy atom. The molecule has 0 spiro atoms. The van der Waals surface area contributed by atoms with Crippen LogP contribution in [0.25, 0.3) is 0 Å². The summed E-state index contributed by atoms with van der Waals surface area (Å²) in [5.74, 6) is -2.52. The molecule has 448 valence electrons. The second-order valence-electron chi connectivity index (χ2n) is 27.6. The van der Waals surface area contributed by atoms with E-state index in [0.29, 0.717) is 97.3 Å². The molecular weight excluding hydrogens is 1100 g/mol. The third kappa shape index (κ3) is 8.96. The molecule has 3 aromatic heterocycles. The SMILES string of the molecule is C[C@]12CC(O)(C(=O)c3ccco3)[C@H]3[C@@H](CCC4=CC(=O)CC(C5CC(=O)C=C6CC[C@H]7[C@@H]8CC[C@](O)(C(=O)CN9CCN(c%10ccccn%10)CC9)[C@@]8(C)CC(O)[C@@H]7[C@]65C)[C@@]43C)[C@@H]1CC[C@]2(O)C(=O)CN1CCN(c2ccccn2)CC1.Cl.Cl. The van der Waals surface area contributed by atoms with E-state index in [-0.39, 0.29) is 128 Å². The number of furan rings is 1. The number of carbonyl (C=O) groups excluding carboxylic acids is 5. The van der Waals surface area contributed by atoms with Gasteiger partial charge in [0.25, 0.3) is 0 Å². The molecule has 5 heterocycles. The highest BCUT2D eigenvalue weighted by Gasteiger charge is 2.76.